The van der Waals surface area contributed by atoms with Crippen LogP contribution in [0.15, 0.2) is 0 Å². The Morgan fingerprint density at radius 2 is 2.27 bits per heavy atom. The SMILES string of the molecule is COCCCCNC1CNC1. The summed E-state index contributed by atoms with van der Waals surface area (Å²) in [4.78, 5) is 0. The third-order valence-corrected chi connectivity index (χ3v) is 1.99. The van der Waals surface area contributed by atoms with Crippen LogP contribution in [0.4, 0.5) is 0 Å². The van der Waals surface area contributed by atoms with Crippen molar-refractivity contribution in [3.05, 3.63) is 0 Å². The van der Waals surface area contributed by atoms with Crippen molar-refractivity contribution in [2.75, 3.05) is 33.4 Å². The zero-order valence-electron chi connectivity index (χ0n) is 7.23. The van der Waals surface area contributed by atoms with Crippen LogP contribution in [0, 0.1) is 0 Å². The minimum atomic E-state index is 0.734. The second-order valence-electron chi connectivity index (χ2n) is 3.01. The van der Waals surface area contributed by atoms with Gasteiger partial charge in [0.25, 0.3) is 0 Å². The first-order chi connectivity index (χ1) is 5.43. The van der Waals surface area contributed by atoms with E-state index in [1.54, 1.807) is 7.11 Å². The van der Waals surface area contributed by atoms with Crippen molar-refractivity contribution in [1.29, 1.82) is 0 Å². The van der Waals surface area contributed by atoms with Gasteiger partial charge in [-0.05, 0) is 19.4 Å². The molecular formula is C8H18N2O. The number of nitrogens with one attached hydrogen (secondary N) is 2. The Balaban J connectivity index is 1.73. The van der Waals surface area contributed by atoms with Gasteiger partial charge >= 0.3 is 0 Å². The Hall–Kier alpha value is -0.120. The Bertz CT molecular complexity index is 94.1. The average Bonchev–Trinajstić information content (AvgIpc) is 1.93. The van der Waals surface area contributed by atoms with Crippen LogP contribution in [-0.4, -0.2) is 39.4 Å². The number of hydrogen-bond donors (Lipinski definition) is 2. The van der Waals surface area contributed by atoms with Crippen molar-refractivity contribution >= 4 is 0 Å². The van der Waals surface area contributed by atoms with Crippen LogP contribution in [0.3, 0.4) is 0 Å². The maximum absolute atomic E-state index is 4.95. The van der Waals surface area contributed by atoms with Gasteiger partial charge in [0.1, 0.15) is 0 Å². The first kappa shape index (κ1) is 8.97. The lowest BCUT2D eigenvalue weighted by molar-refractivity contribution is 0.191. The molecule has 11 heavy (non-hydrogen) atoms. The second-order valence-corrected chi connectivity index (χ2v) is 3.01. The molecule has 2 N–H and O–H groups in total. The van der Waals surface area contributed by atoms with Gasteiger partial charge in [0.2, 0.25) is 0 Å². The van der Waals surface area contributed by atoms with Crippen LogP contribution in [0.1, 0.15) is 12.8 Å². The summed E-state index contributed by atoms with van der Waals surface area (Å²) in [6.45, 7) is 4.31. The van der Waals surface area contributed by atoms with Gasteiger partial charge in [-0.15, -0.1) is 0 Å². The molecule has 0 aromatic rings. The molecule has 1 aliphatic heterocycles. The van der Waals surface area contributed by atoms with Crippen LogP contribution < -0.4 is 10.6 Å². The highest BCUT2D eigenvalue weighted by atomic mass is 16.5. The quantitative estimate of drug-likeness (QED) is 0.533. The maximum Gasteiger partial charge on any atom is 0.0462 e. The average molecular weight is 158 g/mol. The standard InChI is InChI=1S/C8H18N2O/c1-11-5-3-2-4-10-8-6-9-7-8/h8-10H,2-7H2,1H3. The van der Waals surface area contributed by atoms with Crippen molar-refractivity contribution in [3.63, 3.8) is 0 Å². The number of unbranched alkanes of at least 4 members (excludes halogenated alkanes) is 1. The Labute approximate surface area is 68.5 Å². The summed E-state index contributed by atoms with van der Waals surface area (Å²) in [5, 5.41) is 6.69. The summed E-state index contributed by atoms with van der Waals surface area (Å²) in [7, 11) is 1.75. The van der Waals surface area contributed by atoms with E-state index in [9.17, 15) is 0 Å². The highest BCUT2D eigenvalue weighted by Gasteiger charge is 2.14. The largest absolute Gasteiger partial charge is 0.385 e. The van der Waals surface area contributed by atoms with Gasteiger partial charge in [-0.1, -0.05) is 0 Å². The molecule has 0 atom stereocenters. The molecule has 1 aliphatic rings. The Kier molecular flexibility index (Phi) is 4.50. The first-order valence-corrected chi connectivity index (χ1v) is 4.36. The molecule has 0 aliphatic carbocycles. The van der Waals surface area contributed by atoms with Crippen molar-refractivity contribution in [2.45, 2.75) is 18.9 Å². The topological polar surface area (TPSA) is 33.3 Å². The summed E-state index contributed by atoms with van der Waals surface area (Å²) in [5.74, 6) is 0. The molecule has 0 aromatic carbocycles. The summed E-state index contributed by atoms with van der Waals surface area (Å²) >= 11 is 0. The van der Waals surface area contributed by atoms with Gasteiger partial charge < -0.3 is 15.4 Å². The molecule has 0 radical (unpaired) electrons. The van der Waals surface area contributed by atoms with Crippen LogP contribution in [0.25, 0.3) is 0 Å². The molecule has 0 unspecified atom stereocenters. The molecule has 0 spiro atoms. The minimum absolute atomic E-state index is 0.734. The molecule has 1 heterocycles. The molecule has 1 saturated heterocycles. The van der Waals surface area contributed by atoms with E-state index >= 15 is 0 Å². The summed E-state index contributed by atoms with van der Waals surface area (Å²) in [5.41, 5.74) is 0. The van der Waals surface area contributed by atoms with Crippen molar-refractivity contribution in [3.8, 4) is 0 Å². The molecule has 3 heteroatoms. The normalized spacial score (nSPS) is 18.3. The highest BCUT2D eigenvalue weighted by Crippen LogP contribution is 1.92. The molecule has 1 rings (SSSR count). The fourth-order valence-electron chi connectivity index (χ4n) is 1.11. The first-order valence-electron chi connectivity index (χ1n) is 4.36. The number of hydrogen-bond acceptors (Lipinski definition) is 3. The highest BCUT2D eigenvalue weighted by molar-refractivity contribution is 4.80. The lowest BCUT2D eigenvalue weighted by atomic mass is 10.2. The monoisotopic (exact) mass is 158 g/mol. The van der Waals surface area contributed by atoms with E-state index in [1.165, 1.54) is 12.8 Å². The van der Waals surface area contributed by atoms with E-state index < -0.39 is 0 Å². The summed E-state index contributed by atoms with van der Waals surface area (Å²) in [6, 6.07) is 0.734. The van der Waals surface area contributed by atoms with Gasteiger partial charge in [0.15, 0.2) is 0 Å². The van der Waals surface area contributed by atoms with E-state index in [2.05, 4.69) is 10.6 Å². The van der Waals surface area contributed by atoms with E-state index in [-0.39, 0.29) is 0 Å². The summed E-state index contributed by atoms with van der Waals surface area (Å²) in [6.07, 6.45) is 2.40. The van der Waals surface area contributed by atoms with Crippen molar-refractivity contribution in [1.82, 2.24) is 10.6 Å². The number of ether oxygens (including phenoxy) is 1. The molecule has 0 bridgehead atoms. The van der Waals surface area contributed by atoms with Crippen LogP contribution in [0.2, 0.25) is 0 Å². The van der Waals surface area contributed by atoms with Crippen molar-refractivity contribution in [2.24, 2.45) is 0 Å². The Morgan fingerprint density at radius 3 is 2.82 bits per heavy atom. The smallest absolute Gasteiger partial charge is 0.0462 e. The zero-order valence-corrected chi connectivity index (χ0v) is 7.23. The van der Waals surface area contributed by atoms with Gasteiger partial charge in [-0.2, -0.15) is 0 Å². The van der Waals surface area contributed by atoms with Gasteiger partial charge in [0.05, 0.1) is 0 Å². The lowest BCUT2D eigenvalue weighted by Crippen LogP contribution is -2.55. The van der Waals surface area contributed by atoms with E-state index in [0.29, 0.717) is 0 Å². The summed E-state index contributed by atoms with van der Waals surface area (Å²) < 4.78 is 4.95. The maximum atomic E-state index is 4.95. The van der Waals surface area contributed by atoms with Crippen LogP contribution in [0.5, 0.6) is 0 Å². The van der Waals surface area contributed by atoms with Gasteiger partial charge in [-0.25, -0.2) is 0 Å². The third-order valence-electron chi connectivity index (χ3n) is 1.99. The van der Waals surface area contributed by atoms with E-state index in [4.69, 9.17) is 4.74 Å². The van der Waals surface area contributed by atoms with Crippen LogP contribution >= 0.6 is 0 Å². The predicted octanol–water partition coefficient (Wildman–Crippen LogP) is -0.0256. The predicted molar refractivity (Wildman–Crippen MR) is 45.8 cm³/mol. The van der Waals surface area contributed by atoms with Gasteiger partial charge in [-0.3, -0.25) is 0 Å². The van der Waals surface area contributed by atoms with Crippen LogP contribution in [-0.2, 0) is 4.74 Å². The molecular weight excluding hydrogens is 140 g/mol. The molecule has 66 valence electrons. The van der Waals surface area contributed by atoms with E-state index in [0.717, 1.165) is 32.3 Å². The molecule has 0 saturated carbocycles. The minimum Gasteiger partial charge on any atom is -0.385 e. The second kappa shape index (κ2) is 5.52. The number of methoxy groups -OCH3 is 1. The Morgan fingerprint density at radius 1 is 1.45 bits per heavy atom. The zero-order chi connectivity index (χ0) is 7.94. The molecule has 0 amide bonds. The van der Waals surface area contributed by atoms with E-state index in [1.807, 2.05) is 0 Å². The van der Waals surface area contributed by atoms with Crippen molar-refractivity contribution < 1.29 is 4.74 Å². The third kappa shape index (κ3) is 3.70. The van der Waals surface area contributed by atoms with Gasteiger partial charge in [0, 0.05) is 32.8 Å². The molecule has 0 aromatic heterocycles. The molecule has 1 fully saturated rings. The molecule has 3 nitrogen and oxygen atoms in total. The fraction of sp³-hybridized carbons (Fsp3) is 1.00. The fourth-order valence-corrected chi connectivity index (χ4v) is 1.11. The number of rotatable bonds is 6. The lowest BCUT2D eigenvalue weighted by Gasteiger charge is -2.28.